The van der Waals surface area contributed by atoms with Crippen LogP contribution in [0, 0.1) is 0 Å². The maximum atomic E-state index is 12.0. The molecule has 1 aliphatic rings. The summed E-state index contributed by atoms with van der Waals surface area (Å²) in [5, 5.41) is 10.7. The molecule has 0 unspecified atom stereocenters. The molecular formula is C24H31N9O2. The number of amides is 1. The lowest BCUT2D eigenvalue weighted by Gasteiger charge is -2.44. The normalized spacial score (nSPS) is 17.8. The number of nitrogens with one attached hydrogen (secondary N) is 2. The van der Waals surface area contributed by atoms with Crippen molar-refractivity contribution in [3.8, 4) is 5.69 Å². The Bertz CT molecular complexity index is 1200. The molecule has 4 N–H and O–H groups in total. The second-order valence-corrected chi connectivity index (χ2v) is 8.86. The first-order valence-electron chi connectivity index (χ1n) is 11.5. The molecule has 2 aromatic heterocycles. The second kappa shape index (κ2) is 10.00. The van der Waals surface area contributed by atoms with E-state index in [1.54, 1.807) is 17.8 Å². The number of piperazine rings is 1. The fourth-order valence-corrected chi connectivity index (χ4v) is 4.44. The zero-order valence-electron chi connectivity index (χ0n) is 20.4. The standard InChI is InChI=1S/C24H31N9O2/c1-15-13-31(14-16(2)32(15)18(4)35)22-11-21(9-10-26-22)33-23(25)29-24(30-33)28-20-7-5-19(6-8-20)27-12-17(3)34/h5-11,15-16,27H,12-14H2,1-4H3,(H3,25,28,29,30)/t15-,16+. The van der Waals surface area contributed by atoms with E-state index in [0.29, 0.717) is 19.0 Å². The van der Waals surface area contributed by atoms with Gasteiger partial charge in [-0.25, -0.2) is 4.98 Å². The predicted octanol–water partition coefficient (Wildman–Crippen LogP) is 2.43. The predicted molar refractivity (Wildman–Crippen MR) is 136 cm³/mol. The number of benzene rings is 1. The Hall–Kier alpha value is -4.15. The van der Waals surface area contributed by atoms with E-state index in [1.165, 1.54) is 6.92 Å². The Morgan fingerprint density at radius 3 is 2.34 bits per heavy atom. The molecule has 4 rings (SSSR count). The van der Waals surface area contributed by atoms with Crippen LogP contribution < -0.4 is 21.3 Å². The van der Waals surface area contributed by atoms with Crippen LogP contribution in [0.15, 0.2) is 42.6 Å². The van der Waals surface area contributed by atoms with Crippen molar-refractivity contribution in [2.45, 2.75) is 39.8 Å². The third-order valence-corrected chi connectivity index (χ3v) is 5.89. The first-order valence-corrected chi connectivity index (χ1v) is 11.5. The highest BCUT2D eigenvalue weighted by Crippen LogP contribution is 2.24. The molecule has 1 fully saturated rings. The maximum Gasteiger partial charge on any atom is 0.248 e. The summed E-state index contributed by atoms with van der Waals surface area (Å²) in [6, 6.07) is 11.4. The van der Waals surface area contributed by atoms with Gasteiger partial charge in [-0.3, -0.25) is 9.59 Å². The summed E-state index contributed by atoms with van der Waals surface area (Å²) in [5.74, 6) is 1.56. The fourth-order valence-electron chi connectivity index (χ4n) is 4.44. The van der Waals surface area contributed by atoms with E-state index in [0.717, 1.165) is 22.9 Å². The lowest BCUT2D eigenvalue weighted by molar-refractivity contribution is -0.133. The SMILES string of the molecule is CC(=O)CNc1ccc(Nc2nc(N)n(-c3ccnc(N4C[C@@H](C)N(C(C)=O)[C@@H](C)C4)c3)n2)cc1. The van der Waals surface area contributed by atoms with Crippen molar-refractivity contribution in [2.24, 2.45) is 0 Å². The van der Waals surface area contributed by atoms with Gasteiger partial charge in [-0.05, 0) is 51.1 Å². The average molecular weight is 478 g/mol. The Kier molecular flexibility index (Phi) is 6.85. The third-order valence-electron chi connectivity index (χ3n) is 5.89. The Labute approximate surface area is 204 Å². The van der Waals surface area contributed by atoms with Gasteiger partial charge in [0.1, 0.15) is 11.6 Å². The molecule has 2 atom stereocenters. The second-order valence-electron chi connectivity index (χ2n) is 8.86. The number of anilines is 5. The van der Waals surface area contributed by atoms with E-state index in [-0.39, 0.29) is 36.3 Å². The highest BCUT2D eigenvalue weighted by molar-refractivity contribution is 5.80. The molecule has 1 amide bonds. The summed E-state index contributed by atoms with van der Waals surface area (Å²) in [5.41, 5.74) is 8.55. The van der Waals surface area contributed by atoms with Gasteiger partial charge in [-0.1, -0.05) is 0 Å². The Balaban J connectivity index is 1.48. The van der Waals surface area contributed by atoms with Crippen LogP contribution in [-0.4, -0.2) is 68.1 Å². The number of pyridine rings is 1. The van der Waals surface area contributed by atoms with Crippen molar-refractivity contribution in [3.05, 3.63) is 42.6 Å². The summed E-state index contributed by atoms with van der Waals surface area (Å²) in [7, 11) is 0. The molecule has 11 heteroatoms. The van der Waals surface area contributed by atoms with Crippen LogP contribution in [-0.2, 0) is 9.59 Å². The summed E-state index contributed by atoms with van der Waals surface area (Å²) >= 11 is 0. The van der Waals surface area contributed by atoms with Crippen molar-refractivity contribution in [1.29, 1.82) is 0 Å². The minimum Gasteiger partial charge on any atom is -0.378 e. The lowest BCUT2D eigenvalue weighted by Crippen LogP contribution is -2.58. The number of nitrogens with zero attached hydrogens (tertiary/aromatic N) is 6. The molecule has 1 saturated heterocycles. The van der Waals surface area contributed by atoms with Crippen LogP contribution in [0.3, 0.4) is 0 Å². The lowest BCUT2D eigenvalue weighted by atomic mass is 10.1. The number of aromatic nitrogens is 4. The van der Waals surface area contributed by atoms with E-state index in [2.05, 4.69) is 30.6 Å². The van der Waals surface area contributed by atoms with Gasteiger partial charge in [0.25, 0.3) is 0 Å². The molecule has 11 nitrogen and oxygen atoms in total. The van der Waals surface area contributed by atoms with E-state index in [1.807, 2.05) is 55.1 Å². The van der Waals surface area contributed by atoms with Crippen molar-refractivity contribution >= 4 is 40.8 Å². The molecule has 0 radical (unpaired) electrons. The fraction of sp³-hybridized carbons (Fsp3) is 0.375. The molecule has 3 heterocycles. The van der Waals surface area contributed by atoms with Crippen molar-refractivity contribution in [3.63, 3.8) is 0 Å². The van der Waals surface area contributed by atoms with Gasteiger partial charge in [-0.2, -0.15) is 9.67 Å². The van der Waals surface area contributed by atoms with E-state index in [9.17, 15) is 9.59 Å². The van der Waals surface area contributed by atoms with Crippen molar-refractivity contribution in [2.75, 3.05) is 40.9 Å². The minimum atomic E-state index is 0.0685. The summed E-state index contributed by atoms with van der Waals surface area (Å²) in [4.78, 5) is 36.1. The number of nitrogen functional groups attached to an aromatic ring is 1. The Morgan fingerprint density at radius 2 is 1.71 bits per heavy atom. The molecular weight excluding hydrogens is 446 g/mol. The summed E-state index contributed by atoms with van der Waals surface area (Å²) in [6.45, 7) is 8.92. The first-order chi connectivity index (χ1) is 16.7. The van der Waals surface area contributed by atoms with E-state index in [4.69, 9.17) is 5.73 Å². The van der Waals surface area contributed by atoms with Gasteiger partial charge in [0.15, 0.2) is 0 Å². The van der Waals surface area contributed by atoms with Crippen LogP contribution in [0.25, 0.3) is 5.69 Å². The monoisotopic (exact) mass is 477 g/mol. The largest absolute Gasteiger partial charge is 0.378 e. The smallest absolute Gasteiger partial charge is 0.248 e. The number of carbonyl (C=O) groups excluding carboxylic acids is 2. The summed E-state index contributed by atoms with van der Waals surface area (Å²) < 4.78 is 1.56. The number of hydrogen-bond acceptors (Lipinski definition) is 9. The number of nitrogens with two attached hydrogens (primary N) is 1. The summed E-state index contributed by atoms with van der Waals surface area (Å²) in [6.07, 6.45) is 1.72. The number of carbonyl (C=O) groups is 2. The van der Waals surface area contributed by atoms with E-state index < -0.39 is 0 Å². The number of rotatable bonds is 7. The van der Waals surface area contributed by atoms with Crippen LogP contribution >= 0.6 is 0 Å². The van der Waals surface area contributed by atoms with Gasteiger partial charge in [0.05, 0.1) is 12.2 Å². The topological polar surface area (TPSA) is 134 Å². The van der Waals surface area contributed by atoms with Crippen molar-refractivity contribution < 1.29 is 9.59 Å². The zero-order chi connectivity index (χ0) is 25.1. The number of ketones is 1. The molecule has 0 saturated carbocycles. The van der Waals surface area contributed by atoms with Crippen LogP contribution in [0.2, 0.25) is 0 Å². The quantitative estimate of drug-likeness (QED) is 0.469. The first kappa shape index (κ1) is 24.0. The highest BCUT2D eigenvalue weighted by atomic mass is 16.2. The van der Waals surface area contributed by atoms with Gasteiger partial charge in [0, 0.05) is 55.7 Å². The number of Topliss-reactive ketones (excluding diaryl/α,β-unsaturated/α-hetero) is 1. The average Bonchev–Trinajstić information content (AvgIpc) is 3.17. The minimum absolute atomic E-state index is 0.0685. The molecule has 0 spiro atoms. The van der Waals surface area contributed by atoms with Crippen LogP contribution in [0.1, 0.15) is 27.7 Å². The van der Waals surface area contributed by atoms with Crippen molar-refractivity contribution in [1.82, 2.24) is 24.6 Å². The molecule has 0 bridgehead atoms. The molecule has 1 aliphatic heterocycles. The van der Waals surface area contributed by atoms with Gasteiger partial charge in [-0.15, -0.1) is 5.10 Å². The van der Waals surface area contributed by atoms with Gasteiger partial charge in [0.2, 0.25) is 17.8 Å². The molecule has 3 aromatic rings. The molecule has 0 aliphatic carbocycles. The van der Waals surface area contributed by atoms with E-state index >= 15 is 0 Å². The molecule has 35 heavy (non-hydrogen) atoms. The van der Waals surface area contributed by atoms with Gasteiger partial charge < -0.3 is 26.2 Å². The number of hydrogen-bond donors (Lipinski definition) is 3. The maximum absolute atomic E-state index is 12.0. The van der Waals surface area contributed by atoms with Crippen LogP contribution in [0.4, 0.5) is 29.1 Å². The Morgan fingerprint density at radius 1 is 1.06 bits per heavy atom. The molecule has 1 aromatic carbocycles. The zero-order valence-corrected chi connectivity index (χ0v) is 20.4. The molecule has 184 valence electrons. The third kappa shape index (κ3) is 5.51. The highest BCUT2D eigenvalue weighted by Gasteiger charge is 2.31. The van der Waals surface area contributed by atoms with Gasteiger partial charge >= 0.3 is 0 Å². The van der Waals surface area contributed by atoms with Crippen LogP contribution in [0.5, 0.6) is 0 Å².